The molecule has 5 nitrogen and oxygen atoms in total. The van der Waals surface area contributed by atoms with Crippen LogP contribution in [0.3, 0.4) is 0 Å². The van der Waals surface area contributed by atoms with Gasteiger partial charge in [0.25, 0.3) is 0 Å². The van der Waals surface area contributed by atoms with Crippen LogP contribution in [0.4, 0.5) is 0 Å². The normalized spacial score (nSPS) is 20.8. The molecule has 2 aliphatic rings. The Labute approximate surface area is 167 Å². The van der Waals surface area contributed by atoms with Crippen LogP contribution in [0.5, 0.6) is 0 Å². The van der Waals surface area contributed by atoms with E-state index in [4.69, 9.17) is 4.74 Å². The summed E-state index contributed by atoms with van der Waals surface area (Å²) in [4.78, 5) is 16.0. The van der Waals surface area contributed by atoms with Crippen LogP contribution in [0, 0.1) is 0 Å². The highest BCUT2D eigenvalue weighted by Crippen LogP contribution is 2.35. The Hall–Kier alpha value is -2.11. The third-order valence-corrected chi connectivity index (χ3v) is 6.47. The average Bonchev–Trinajstić information content (AvgIpc) is 3.42. The second kappa shape index (κ2) is 8.50. The number of carbonyl (C=O) groups excluding carboxylic acids is 1. The summed E-state index contributed by atoms with van der Waals surface area (Å²) in [5.74, 6) is 0.139. The fourth-order valence-electron chi connectivity index (χ4n) is 4.78. The fraction of sp³-hybridized carbons (Fsp3) is 0.522. The summed E-state index contributed by atoms with van der Waals surface area (Å²) in [6.07, 6.45) is 6.03. The number of ether oxygens (including phenoxy) is 1. The number of carbonyl (C=O) groups is 1. The largest absolute Gasteiger partial charge is 0.381 e. The van der Waals surface area contributed by atoms with Crippen LogP contribution in [0.1, 0.15) is 43.0 Å². The predicted octanol–water partition coefficient (Wildman–Crippen LogP) is 3.03. The van der Waals surface area contributed by atoms with Gasteiger partial charge in [0.1, 0.15) is 0 Å². The lowest BCUT2D eigenvalue weighted by molar-refractivity contribution is -0.130. The second-order valence-corrected chi connectivity index (χ2v) is 8.07. The van der Waals surface area contributed by atoms with Gasteiger partial charge in [-0.05, 0) is 56.5 Å². The Morgan fingerprint density at radius 2 is 1.82 bits per heavy atom. The molecule has 1 atom stereocenters. The molecular formula is C23H31N3O2. The standard InChI is InChI=1S/C23H31N3O2/c1-25-13-7-10-20(25)21(26-14-5-6-15-26)18-24-22(27)23(11-16-28-17-12-23)19-8-3-2-4-9-19/h2-4,7-10,13,21H,5-6,11-12,14-18H2,1H3,(H,24,27). The highest BCUT2D eigenvalue weighted by Gasteiger charge is 2.42. The first kappa shape index (κ1) is 19.2. The van der Waals surface area contributed by atoms with E-state index in [-0.39, 0.29) is 11.9 Å². The van der Waals surface area contributed by atoms with Crippen molar-refractivity contribution in [3.05, 3.63) is 59.9 Å². The Morgan fingerprint density at radius 3 is 2.46 bits per heavy atom. The number of benzene rings is 1. The zero-order valence-corrected chi connectivity index (χ0v) is 16.8. The first-order chi connectivity index (χ1) is 13.7. The smallest absolute Gasteiger partial charge is 0.230 e. The Morgan fingerprint density at radius 1 is 1.11 bits per heavy atom. The van der Waals surface area contributed by atoms with Crippen molar-refractivity contribution in [3.8, 4) is 0 Å². The van der Waals surface area contributed by atoms with Crippen LogP contribution < -0.4 is 5.32 Å². The molecule has 0 bridgehead atoms. The fourth-order valence-corrected chi connectivity index (χ4v) is 4.78. The second-order valence-electron chi connectivity index (χ2n) is 8.07. The van der Waals surface area contributed by atoms with Crippen molar-refractivity contribution in [2.75, 3.05) is 32.8 Å². The van der Waals surface area contributed by atoms with E-state index in [1.807, 2.05) is 18.2 Å². The lowest BCUT2D eigenvalue weighted by Gasteiger charge is -2.37. The van der Waals surface area contributed by atoms with E-state index in [0.29, 0.717) is 19.8 Å². The summed E-state index contributed by atoms with van der Waals surface area (Å²) in [6.45, 7) is 4.12. The van der Waals surface area contributed by atoms with Crippen molar-refractivity contribution in [1.29, 1.82) is 0 Å². The van der Waals surface area contributed by atoms with E-state index in [9.17, 15) is 4.79 Å². The van der Waals surface area contributed by atoms with Gasteiger partial charge in [-0.15, -0.1) is 0 Å². The maximum absolute atomic E-state index is 13.5. The molecule has 1 amide bonds. The van der Waals surface area contributed by atoms with Crippen molar-refractivity contribution in [1.82, 2.24) is 14.8 Å². The summed E-state index contributed by atoms with van der Waals surface area (Å²) < 4.78 is 7.76. The minimum atomic E-state index is -0.483. The monoisotopic (exact) mass is 381 g/mol. The van der Waals surface area contributed by atoms with Crippen LogP contribution in [0.2, 0.25) is 0 Å². The van der Waals surface area contributed by atoms with Gasteiger partial charge >= 0.3 is 0 Å². The van der Waals surface area contributed by atoms with Gasteiger partial charge in [-0.25, -0.2) is 0 Å². The molecule has 1 unspecified atom stereocenters. The van der Waals surface area contributed by atoms with E-state index in [0.717, 1.165) is 31.5 Å². The maximum Gasteiger partial charge on any atom is 0.230 e. The summed E-state index contributed by atoms with van der Waals surface area (Å²) in [7, 11) is 2.09. The van der Waals surface area contributed by atoms with Crippen molar-refractivity contribution < 1.29 is 9.53 Å². The van der Waals surface area contributed by atoms with Crippen molar-refractivity contribution in [2.45, 2.75) is 37.1 Å². The molecule has 4 rings (SSSR count). The number of nitrogens with zero attached hydrogens (tertiary/aromatic N) is 2. The average molecular weight is 382 g/mol. The SMILES string of the molecule is Cn1cccc1C(CNC(=O)C1(c2ccccc2)CCOCC1)N1CCCC1. The van der Waals surface area contributed by atoms with E-state index in [2.05, 4.69) is 52.3 Å². The van der Waals surface area contributed by atoms with Crippen molar-refractivity contribution in [2.24, 2.45) is 7.05 Å². The molecule has 0 aliphatic carbocycles. The number of aryl methyl sites for hydroxylation is 1. The van der Waals surface area contributed by atoms with Gasteiger partial charge in [0.15, 0.2) is 0 Å². The molecule has 1 N–H and O–H groups in total. The van der Waals surface area contributed by atoms with Gasteiger partial charge in [-0.1, -0.05) is 30.3 Å². The number of rotatable bonds is 6. The molecule has 2 aliphatic heterocycles. The quantitative estimate of drug-likeness (QED) is 0.837. The Bertz CT molecular complexity index is 774. The molecule has 28 heavy (non-hydrogen) atoms. The molecule has 150 valence electrons. The topological polar surface area (TPSA) is 46.5 Å². The van der Waals surface area contributed by atoms with Gasteiger partial charge < -0.3 is 14.6 Å². The van der Waals surface area contributed by atoms with E-state index in [1.165, 1.54) is 18.5 Å². The highest BCUT2D eigenvalue weighted by molar-refractivity contribution is 5.88. The number of hydrogen-bond acceptors (Lipinski definition) is 3. The molecule has 3 heterocycles. The first-order valence-corrected chi connectivity index (χ1v) is 10.5. The lowest BCUT2D eigenvalue weighted by atomic mass is 9.73. The van der Waals surface area contributed by atoms with Gasteiger partial charge in [-0.2, -0.15) is 0 Å². The molecule has 0 radical (unpaired) electrons. The predicted molar refractivity (Wildman–Crippen MR) is 110 cm³/mol. The zero-order chi connectivity index (χ0) is 19.4. The molecule has 0 saturated carbocycles. The number of nitrogens with one attached hydrogen (secondary N) is 1. The van der Waals surface area contributed by atoms with E-state index >= 15 is 0 Å². The minimum Gasteiger partial charge on any atom is -0.381 e. The van der Waals surface area contributed by atoms with Crippen LogP contribution in [0.25, 0.3) is 0 Å². The van der Waals surface area contributed by atoms with Gasteiger partial charge in [0.2, 0.25) is 5.91 Å². The maximum atomic E-state index is 13.5. The zero-order valence-electron chi connectivity index (χ0n) is 16.8. The van der Waals surface area contributed by atoms with Gasteiger partial charge in [0.05, 0.1) is 11.5 Å². The van der Waals surface area contributed by atoms with Crippen LogP contribution >= 0.6 is 0 Å². The summed E-state index contributed by atoms with van der Waals surface area (Å²) in [5.41, 5.74) is 1.89. The van der Waals surface area contributed by atoms with Gasteiger partial charge in [0, 0.05) is 38.7 Å². The minimum absolute atomic E-state index is 0.139. The van der Waals surface area contributed by atoms with Crippen LogP contribution in [-0.4, -0.2) is 48.2 Å². The molecule has 2 fully saturated rings. The molecule has 1 aromatic carbocycles. The van der Waals surface area contributed by atoms with E-state index in [1.54, 1.807) is 0 Å². The van der Waals surface area contributed by atoms with Crippen LogP contribution in [-0.2, 0) is 22.0 Å². The van der Waals surface area contributed by atoms with Crippen molar-refractivity contribution >= 4 is 5.91 Å². The van der Waals surface area contributed by atoms with Gasteiger partial charge in [-0.3, -0.25) is 9.69 Å². The Balaban J connectivity index is 1.54. The number of amides is 1. The lowest BCUT2D eigenvalue weighted by Crippen LogP contribution is -2.50. The molecule has 5 heteroatoms. The van der Waals surface area contributed by atoms with E-state index < -0.39 is 5.41 Å². The van der Waals surface area contributed by atoms with Crippen LogP contribution in [0.15, 0.2) is 48.7 Å². The molecule has 1 aromatic heterocycles. The first-order valence-electron chi connectivity index (χ1n) is 10.5. The molecular weight excluding hydrogens is 350 g/mol. The number of likely N-dealkylation sites (tertiary alicyclic amines) is 1. The summed E-state index contributed by atoms with van der Waals surface area (Å²) in [6, 6.07) is 14.7. The Kier molecular flexibility index (Phi) is 5.83. The molecule has 2 aromatic rings. The number of hydrogen-bond donors (Lipinski definition) is 1. The summed E-state index contributed by atoms with van der Waals surface area (Å²) in [5, 5.41) is 3.33. The third-order valence-electron chi connectivity index (χ3n) is 6.47. The summed E-state index contributed by atoms with van der Waals surface area (Å²) >= 11 is 0. The number of aromatic nitrogens is 1. The highest BCUT2D eigenvalue weighted by atomic mass is 16.5. The molecule has 2 saturated heterocycles. The molecule has 0 spiro atoms. The van der Waals surface area contributed by atoms with Crippen molar-refractivity contribution in [3.63, 3.8) is 0 Å². The third kappa shape index (κ3) is 3.74.